The van der Waals surface area contributed by atoms with Crippen LogP contribution in [0.4, 0.5) is 4.79 Å². The number of aryl methyl sites for hydroxylation is 1. The minimum absolute atomic E-state index is 0.00326. The number of amides is 1. The zero-order valence-corrected chi connectivity index (χ0v) is 14.9. The third-order valence-electron chi connectivity index (χ3n) is 4.27. The molecule has 1 atom stereocenters. The molecule has 0 radical (unpaired) electrons. The van der Waals surface area contributed by atoms with Crippen molar-refractivity contribution in [3.63, 3.8) is 0 Å². The maximum absolute atomic E-state index is 12.1. The number of hydrogen-bond acceptors (Lipinski definition) is 4. The molecule has 2 aromatic rings. The fourth-order valence-corrected chi connectivity index (χ4v) is 2.39. The Balaban J connectivity index is 2.07. The summed E-state index contributed by atoms with van der Waals surface area (Å²) in [5.41, 5.74) is 1.98. The summed E-state index contributed by atoms with van der Waals surface area (Å²) in [6.45, 7) is 7.16. The molecule has 0 saturated carbocycles. The predicted molar refractivity (Wildman–Crippen MR) is 92.2 cm³/mol. The molecule has 25 heavy (non-hydrogen) atoms. The highest BCUT2D eigenvalue weighted by Gasteiger charge is 2.37. The number of ether oxygens (including phenoxy) is 1. The predicted octanol–water partition coefficient (Wildman–Crippen LogP) is 2.58. The van der Waals surface area contributed by atoms with Crippen LogP contribution < -0.4 is 5.32 Å². The number of carbonyl (C=O) groups is 2. The maximum atomic E-state index is 12.1. The number of aromatic nitrogens is 2. The zero-order chi connectivity index (χ0) is 18.6. The van der Waals surface area contributed by atoms with E-state index in [-0.39, 0.29) is 13.2 Å². The molecule has 134 valence electrons. The average Bonchev–Trinajstić information content (AvgIpc) is 2.80. The molecule has 1 aromatic heterocycles. The monoisotopic (exact) mass is 345 g/mol. The number of rotatable bonds is 6. The van der Waals surface area contributed by atoms with Gasteiger partial charge < -0.3 is 15.2 Å². The topological polar surface area (TPSA) is 93.5 Å². The van der Waals surface area contributed by atoms with Crippen LogP contribution in [0.2, 0.25) is 0 Å². The summed E-state index contributed by atoms with van der Waals surface area (Å²) in [6, 6.07) is 9.18. The second-order valence-electron chi connectivity index (χ2n) is 6.28. The molecule has 1 amide bonds. The van der Waals surface area contributed by atoms with Crippen LogP contribution >= 0.6 is 0 Å². The van der Waals surface area contributed by atoms with Crippen molar-refractivity contribution in [1.82, 2.24) is 15.1 Å². The van der Waals surface area contributed by atoms with Crippen LogP contribution in [0.25, 0.3) is 0 Å². The van der Waals surface area contributed by atoms with Gasteiger partial charge >= 0.3 is 12.1 Å². The van der Waals surface area contributed by atoms with E-state index < -0.39 is 17.6 Å². The third-order valence-corrected chi connectivity index (χ3v) is 4.27. The lowest BCUT2D eigenvalue weighted by molar-refractivity contribution is -0.144. The van der Waals surface area contributed by atoms with Crippen LogP contribution in [0.5, 0.6) is 0 Å². The lowest BCUT2D eigenvalue weighted by Gasteiger charge is -2.26. The van der Waals surface area contributed by atoms with Gasteiger partial charge in [-0.3, -0.25) is 4.68 Å². The summed E-state index contributed by atoms with van der Waals surface area (Å²) in [6.07, 6.45) is -0.785. The molecule has 0 spiro atoms. The molecule has 0 fully saturated rings. The highest BCUT2D eigenvalue weighted by molar-refractivity contribution is 5.83. The number of benzene rings is 1. The first-order chi connectivity index (χ1) is 11.7. The number of carboxylic acids is 1. The quantitative estimate of drug-likeness (QED) is 0.839. The number of nitrogens with zero attached hydrogens (tertiary/aromatic N) is 2. The summed E-state index contributed by atoms with van der Waals surface area (Å²) in [7, 11) is 0. The Labute approximate surface area is 146 Å². The molecular weight excluding hydrogens is 322 g/mol. The largest absolute Gasteiger partial charge is 0.479 e. The summed E-state index contributed by atoms with van der Waals surface area (Å²) in [4.78, 5) is 23.8. The molecule has 1 unspecified atom stereocenters. The van der Waals surface area contributed by atoms with Crippen LogP contribution in [-0.2, 0) is 22.7 Å². The second kappa shape index (κ2) is 7.38. The normalized spacial score (nSPS) is 13.1. The molecule has 1 aromatic carbocycles. The van der Waals surface area contributed by atoms with Crippen molar-refractivity contribution in [2.45, 2.75) is 46.4 Å². The first kappa shape index (κ1) is 18.5. The van der Waals surface area contributed by atoms with E-state index in [1.165, 1.54) is 6.92 Å². The summed E-state index contributed by atoms with van der Waals surface area (Å²) in [5.74, 6) is -1.16. The molecule has 2 N–H and O–H groups in total. The number of nitrogens with one attached hydrogen (secondary N) is 1. The maximum Gasteiger partial charge on any atom is 0.408 e. The fraction of sp³-hybridized carbons (Fsp3) is 0.389. The lowest BCUT2D eigenvalue weighted by atomic mass is 10.0. The zero-order valence-electron chi connectivity index (χ0n) is 14.9. The summed E-state index contributed by atoms with van der Waals surface area (Å²) in [5, 5.41) is 16.4. The van der Waals surface area contributed by atoms with Crippen LogP contribution in [0.3, 0.4) is 0 Å². The lowest BCUT2D eigenvalue weighted by Crippen LogP contribution is -2.55. The summed E-state index contributed by atoms with van der Waals surface area (Å²) < 4.78 is 6.72. The van der Waals surface area contributed by atoms with Gasteiger partial charge in [0, 0.05) is 5.69 Å². The Morgan fingerprint density at radius 3 is 2.40 bits per heavy atom. The molecule has 2 rings (SSSR count). The van der Waals surface area contributed by atoms with Crippen molar-refractivity contribution in [1.29, 1.82) is 0 Å². The molecular formula is C18H23N3O4. The summed E-state index contributed by atoms with van der Waals surface area (Å²) >= 11 is 0. The van der Waals surface area contributed by atoms with Crippen LogP contribution in [0.15, 0.2) is 30.3 Å². The van der Waals surface area contributed by atoms with Gasteiger partial charge in [0.15, 0.2) is 5.54 Å². The van der Waals surface area contributed by atoms with Crippen molar-refractivity contribution in [2.24, 2.45) is 0 Å². The van der Waals surface area contributed by atoms with Crippen molar-refractivity contribution in [2.75, 3.05) is 0 Å². The van der Waals surface area contributed by atoms with Gasteiger partial charge in [0.05, 0.1) is 12.2 Å². The van der Waals surface area contributed by atoms with Gasteiger partial charge in [0.2, 0.25) is 0 Å². The van der Waals surface area contributed by atoms with E-state index in [4.69, 9.17) is 4.74 Å². The second-order valence-corrected chi connectivity index (χ2v) is 6.28. The van der Waals surface area contributed by atoms with Crippen LogP contribution in [0, 0.1) is 20.8 Å². The molecule has 1 heterocycles. The van der Waals surface area contributed by atoms with E-state index in [0.717, 1.165) is 22.5 Å². The van der Waals surface area contributed by atoms with E-state index in [1.54, 1.807) is 4.68 Å². The number of alkyl carbamates (subject to hydrolysis) is 1. The van der Waals surface area contributed by atoms with Crippen molar-refractivity contribution >= 4 is 12.1 Å². The van der Waals surface area contributed by atoms with E-state index in [1.807, 2.05) is 51.1 Å². The van der Waals surface area contributed by atoms with Crippen molar-refractivity contribution < 1.29 is 19.4 Å². The van der Waals surface area contributed by atoms with Gasteiger partial charge in [-0.1, -0.05) is 30.3 Å². The Kier molecular flexibility index (Phi) is 5.46. The van der Waals surface area contributed by atoms with Crippen molar-refractivity contribution in [3.05, 3.63) is 52.8 Å². The fourth-order valence-electron chi connectivity index (χ4n) is 2.39. The Bertz CT molecular complexity index is 770. The van der Waals surface area contributed by atoms with E-state index in [2.05, 4.69) is 10.4 Å². The third kappa shape index (κ3) is 4.37. The molecule has 7 heteroatoms. The van der Waals surface area contributed by atoms with Gasteiger partial charge in [0.25, 0.3) is 0 Å². The smallest absolute Gasteiger partial charge is 0.408 e. The van der Waals surface area contributed by atoms with Gasteiger partial charge in [0.1, 0.15) is 6.61 Å². The standard InChI is InChI=1S/C18H23N3O4/c1-12-13(2)20-21(14(12)3)11-18(4,16(22)23)19-17(24)25-10-15-8-6-5-7-9-15/h5-9H,10-11H2,1-4H3,(H,19,24)(H,22,23). The average molecular weight is 345 g/mol. The molecule has 0 aliphatic rings. The van der Waals surface area contributed by atoms with E-state index >= 15 is 0 Å². The van der Waals surface area contributed by atoms with Crippen LogP contribution in [0.1, 0.15) is 29.4 Å². The molecule has 7 nitrogen and oxygen atoms in total. The van der Waals surface area contributed by atoms with Gasteiger partial charge in [-0.05, 0) is 38.8 Å². The number of carboxylic acid groups (broad SMARTS) is 1. The Morgan fingerprint density at radius 1 is 1.24 bits per heavy atom. The van der Waals surface area contributed by atoms with Crippen molar-refractivity contribution in [3.8, 4) is 0 Å². The van der Waals surface area contributed by atoms with Gasteiger partial charge in [-0.25, -0.2) is 9.59 Å². The molecule has 0 saturated heterocycles. The first-order valence-corrected chi connectivity index (χ1v) is 7.96. The highest BCUT2D eigenvalue weighted by Crippen LogP contribution is 2.16. The number of carbonyl (C=O) groups excluding carboxylic acids is 1. The van der Waals surface area contributed by atoms with E-state index in [0.29, 0.717) is 0 Å². The highest BCUT2D eigenvalue weighted by atomic mass is 16.5. The minimum Gasteiger partial charge on any atom is -0.479 e. The molecule has 0 bridgehead atoms. The Morgan fingerprint density at radius 2 is 1.88 bits per heavy atom. The number of aliphatic carboxylic acids is 1. The molecule has 0 aliphatic carbocycles. The van der Waals surface area contributed by atoms with Gasteiger partial charge in [-0.15, -0.1) is 0 Å². The Hall–Kier alpha value is -2.83. The van der Waals surface area contributed by atoms with Gasteiger partial charge in [-0.2, -0.15) is 5.10 Å². The SMILES string of the molecule is Cc1nn(CC(C)(NC(=O)OCc2ccccc2)C(=O)O)c(C)c1C. The first-order valence-electron chi connectivity index (χ1n) is 7.96. The number of hydrogen-bond donors (Lipinski definition) is 2. The van der Waals surface area contributed by atoms with E-state index in [9.17, 15) is 14.7 Å². The van der Waals surface area contributed by atoms with Crippen LogP contribution in [-0.4, -0.2) is 32.5 Å². The molecule has 0 aliphatic heterocycles. The minimum atomic E-state index is -1.54.